The van der Waals surface area contributed by atoms with Gasteiger partial charge in [0, 0.05) is 17.8 Å². The molecule has 3 heteroatoms. The highest BCUT2D eigenvalue weighted by molar-refractivity contribution is 5.47. The molecule has 0 heterocycles. The fourth-order valence-corrected chi connectivity index (χ4v) is 2.07. The van der Waals surface area contributed by atoms with E-state index in [0.717, 1.165) is 17.9 Å². The summed E-state index contributed by atoms with van der Waals surface area (Å²) in [4.78, 5) is 0. The number of nitrogens with two attached hydrogens (primary N) is 1. The Bertz CT molecular complexity index is 310. The van der Waals surface area contributed by atoms with Crippen molar-refractivity contribution in [3.63, 3.8) is 0 Å². The Labute approximate surface area is 90.6 Å². The minimum atomic E-state index is 0.298. The third kappa shape index (κ3) is 2.42. The lowest BCUT2D eigenvalue weighted by atomic mass is 10.1. The molecule has 0 saturated heterocycles. The molecule has 3 N–H and O–H groups in total. The fourth-order valence-electron chi connectivity index (χ4n) is 2.07. The second-order valence-corrected chi connectivity index (χ2v) is 4.07. The lowest BCUT2D eigenvalue weighted by Gasteiger charge is -2.18. The lowest BCUT2D eigenvalue weighted by Crippen LogP contribution is -2.35. The SMILES string of the molecule is COc1ccc(N[C@H]2CCC[C@H]2N)cc1. The van der Waals surface area contributed by atoms with E-state index in [1.165, 1.54) is 12.8 Å². The monoisotopic (exact) mass is 206 g/mol. The molecule has 82 valence electrons. The minimum absolute atomic E-state index is 0.298. The number of rotatable bonds is 3. The van der Waals surface area contributed by atoms with E-state index in [-0.39, 0.29) is 0 Å². The van der Waals surface area contributed by atoms with Gasteiger partial charge >= 0.3 is 0 Å². The van der Waals surface area contributed by atoms with Gasteiger partial charge in [-0.2, -0.15) is 0 Å². The average molecular weight is 206 g/mol. The summed E-state index contributed by atoms with van der Waals surface area (Å²) in [6.07, 6.45) is 3.54. The van der Waals surface area contributed by atoms with Gasteiger partial charge in [0.2, 0.25) is 0 Å². The quantitative estimate of drug-likeness (QED) is 0.795. The summed E-state index contributed by atoms with van der Waals surface area (Å²) in [6, 6.07) is 8.71. The van der Waals surface area contributed by atoms with E-state index in [1.54, 1.807) is 7.11 Å². The largest absolute Gasteiger partial charge is 0.497 e. The van der Waals surface area contributed by atoms with Crippen molar-refractivity contribution in [2.45, 2.75) is 31.3 Å². The van der Waals surface area contributed by atoms with E-state index in [9.17, 15) is 0 Å². The summed E-state index contributed by atoms with van der Waals surface area (Å²) >= 11 is 0. The van der Waals surface area contributed by atoms with Gasteiger partial charge in [-0.05, 0) is 43.5 Å². The lowest BCUT2D eigenvalue weighted by molar-refractivity contribution is 0.415. The van der Waals surface area contributed by atoms with Crippen LogP contribution >= 0.6 is 0 Å². The molecule has 2 atom stereocenters. The molecule has 0 aromatic heterocycles. The van der Waals surface area contributed by atoms with Crippen LogP contribution < -0.4 is 15.8 Å². The molecule has 15 heavy (non-hydrogen) atoms. The molecule has 1 aliphatic rings. The van der Waals surface area contributed by atoms with Gasteiger partial charge in [0.1, 0.15) is 5.75 Å². The Morgan fingerprint density at radius 3 is 2.53 bits per heavy atom. The van der Waals surface area contributed by atoms with Crippen molar-refractivity contribution < 1.29 is 4.74 Å². The maximum absolute atomic E-state index is 6.00. The molecule has 1 fully saturated rings. The molecule has 0 aliphatic heterocycles. The van der Waals surface area contributed by atoms with Crippen LogP contribution in [0.25, 0.3) is 0 Å². The van der Waals surface area contributed by atoms with E-state index in [1.807, 2.05) is 24.3 Å². The number of nitrogens with one attached hydrogen (secondary N) is 1. The Kier molecular flexibility index (Phi) is 3.11. The first-order valence-electron chi connectivity index (χ1n) is 5.46. The third-order valence-electron chi connectivity index (χ3n) is 3.01. The second-order valence-electron chi connectivity index (χ2n) is 4.07. The highest BCUT2D eigenvalue weighted by Crippen LogP contribution is 2.22. The molecule has 0 unspecified atom stereocenters. The van der Waals surface area contributed by atoms with Gasteiger partial charge in [-0.3, -0.25) is 0 Å². The number of ether oxygens (including phenoxy) is 1. The molecule has 1 aliphatic carbocycles. The van der Waals surface area contributed by atoms with Gasteiger partial charge in [-0.25, -0.2) is 0 Å². The zero-order chi connectivity index (χ0) is 10.7. The van der Waals surface area contributed by atoms with Crippen molar-refractivity contribution in [2.75, 3.05) is 12.4 Å². The van der Waals surface area contributed by atoms with Gasteiger partial charge in [0.05, 0.1) is 7.11 Å². The summed E-state index contributed by atoms with van der Waals surface area (Å²) in [5.41, 5.74) is 7.12. The van der Waals surface area contributed by atoms with Crippen LogP contribution in [-0.2, 0) is 0 Å². The third-order valence-corrected chi connectivity index (χ3v) is 3.01. The summed E-state index contributed by atoms with van der Waals surface area (Å²) < 4.78 is 5.11. The molecule has 3 nitrogen and oxygen atoms in total. The Morgan fingerprint density at radius 2 is 2.00 bits per heavy atom. The summed E-state index contributed by atoms with van der Waals surface area (Å²) in [7, 11) is 1.68. The number of methoxy groups -OCH3 is 1. The number of hydrogen-bond acceptors (Lipinski definition) is 3. The first-order chi connectivity index (χ1) is 7.29. The summed E-state index contributed by atoms with van der Waals surface area (Å²) in [6.45, 7) is 0. The predicted molar refractivity (Wildman–Crippen MR) is 62.2 cm³/mol. The highest BCUT2D eigenvalue weighted by Gasteiger charge is 2.23. The van der Waals surface area contributed by atoms with Crippen molar-refractivity contribution in [2.24, 2.45) is 5.73 Å². The van der Waals surface area contributed by atoms with Crippen LogP contribution in [0.2, 0.25) is 0 Å². The smallest absolute Gasteiger partial charge is 0.119 e. The normalized spacial score (nSPS) is 25.2. The standard InChI is InChI=1S/C12H18N2O/c1-15-10-7-5-9(6-8-10)14-12-4-2-3-11(12)13/h5-8,11-12,14H,2-4,13H2,1H3/t11-,12+/m1/s1. The van der Waals surface area contributed by atoms with Crippen molar-refractivity contribution >= 4 is 5.69 Å². The van der Waals surface area contributed by atoms with Crippen molar-refractivity contribution in [3.05, 3.63) is 24.3 Å². The fraction of sp³-hybridized carbons (Fsp3) is 0.500. The second kappa shape index (κ2) is 4.53. The van der Waals surface area contributed by atoms with Crippen molar-refractivity contribution in [3.8, 4) is 5.75 Å². The Morgan fingerprint density at radius 1 is 1.27 bits per heavy atom. The van der Waals surface area contributed by atoms with Crippen LogP contribution in [0.5, 0.6) is 5.75 Å². The van der Waals surface area contributed by atoms with E-state index in [0.29, 0.717) is 12.1 Å². The zero-order valence-corrected chi connectivity index (χ0v) is 9.07. The molecule has 0 spiro atoms. The summed E-state index contributed by atoms with van der Waals surface area (Å²) in [5.74, 6) is 0.885. The molecule has 1 aromatic carbocycles. The van der Waals surface area contributed by atoms with Crippen molar-refractivity contribution in [1.82, 2.24) is 0 Å². The number of anilines is 1. The van der Waals surface area contributed by atoms with Gasteiger partial charge < -0.3 is 15.8 Å². The van der Waals surface area contributed by atoms with Gasteiger partial charge in [0.25, 0.3) is 0 Å². The summed E-state index contributed by atoms with van der Waals surface area (Å²) in [5, 5.41) is 3.46. The van der Waals surface area contributed by atoms with E-state index >= 15 is 0 Å². The Balaban J connectivity index is 1.98. The molecule has 0 amide bonds. The topological polar surface area (TPSA) is 47.3 Å². The predicted octanol–water partition coefficient (Wildman–Crippen LogP) is 1.99. The molecule has 0 radical (unpaired) electrons. The molecule has 0 bridgehead atoms. The molecular formula is C12H18N2O. The van der Waals surface area contributed by atoms with Crippen LogP contribution in [0.15, 0.2) is 24.3 Å². The Hall–Kier alpha value is -1.22. The molecule has 2 rings (SSSR count). The minimum Gasteiger partial charge on any atom is -0.497 e. The van der Waals surface area contributed by atoms with Crippen molar-refractivity contribution in [1.29, 1.82) is 0 Å². The van der Waals surface area contributed by atoms with E-state index in [2.05, 4.69) is 5.32 Å². The average Bonchev–Trinajstić information content (AvgIpc) is 2.66. The van der Waals surface area contributed by atoms with Crippen LogP contribution in [0.4, 0.5) is 5.69 Å². The molecule has 1 aromatic rings. The van der Waals surface area contributed by atoms with Gasteiger partial charge in [-0.15, -0.1) is 0 Å². The molecular weight excluding hydrogens is 188 g/mol. The van der Waals surface area contributed by atoms with E-state index in [4.69, 9.17) is 10.5 Å². The number of hydrogen-bond donors (Lipinski definition) is 2. The van der Waals surface area contributed by atoms with Gasteiger partial charge in [0.15, 0.2) is 0 Å². The van der Waals surface area contributed by atoms with Crippen LogP contribution in [0.3, 0.4) is 0 Å². The zero-order valence-electron chi connectivity index (χ0n) is 9.07. The van der Waals surface area contributed by atoms with Crippen LogP contribution in [-0.4, -0.2) is 19.2 Å². The van der Waals surface area contributed by atoms with E-state index < -0.39 is 0 Å². The van der Waals surface area contributed by atoms with Crippen LogP contribution in [0, 0.1) is 0 Å². The molecule has 1 saturated carbocycles. The maximum Gasteiger partial charge on any atom is 0.119 e. The first kappa shape index (κ1) is 10.3. The maximum atomic E-state index is 6.00. The number of benzene rings is 1. The van der Waals surface area contributed by atoms with Gasteiger partial charge in [-0.1, -0.05) is 0 Å². The van der Waals surface area contributed by atoms with Crippen LogP contribution in [0.1, 0.15) is 19.3 Å². The first-order valence-corrected chi connectivity index (χ1v) is 5.46. The highest BCUT2D eigenvalue weighted by atomic mass is 16.5.